The average molecular weight is 595 g/mol. The Labute approximate surface area is 256 Å². The predicted octanol–water partition coefficient (Wildman–Crippen LogP) is 8.65. The lowest BCUT2D eigenvalue weighted by atomic mass is 9.76. The highest BCUT2D eigenvalue weighted by Gasteiger charge is 2.26. The van der Waals surface area contributed by atoms with Crippen molar-refractivity contribution < 1.29 is 14.3 Å². The van der Waals surface area contributed by atoms with Gasteiger partial charge in [0.25, 0.3) is 0 Å². The minimum absolute atomic E-state index is 0.0420. The van der Waals surface area contributed by atoms with Gasteiger partial charge in [-0.25, -0.2) is 4.79 Å². The molecule has 41 heavy (non-hydrogen) atoms. The van der Waals surface area contributed by atoms with E-state index in [1.807, 2.05) is 24.3 Å². The molecule has 0 aliphatic carbocycles. The molecule has 0 bridgehead atoms. The number of methoxy groups -OCH3 is 1. The number of ether oxygens (including phenoxy) is 2. The second-order valence-electron chi connectivity index (χ2n) is 11.7. The number of esters is 1. The Kier molecular flexibility index (Phi) is 11.8. The number of rotatable bonds is 14. The fourth-order valence-electron chi connectivity index (χ4n) is 4.44. The molecular weight excluding hydrogens is 549 g/mol. The molecule has 0 radical (unpaired) electrons. The molecule has 1 heterocycles. The summed E-state index contributed by atoms with van der Waals surface area (Å²) in [5.74, 6) is 0.608. The molecule has 0 aliphatic rings. The van der Waals surface area contributed by atoms with Gasteiger partial charge in [-0.05, 0) is 72.0 Å². The summed E-state index contributed by atoms with van der Waals surface area (Å²) in [6.45, 7) is 15.0. The summed E-state index contributed by atoms with van der Waals surface area (Å²) in [6, 6.07) is 18.8. The topological polar surface area (TPSA) is 59.6 Å². The standard InChI is InChI=1S/C34H46N2O3S2/c1-8-33(3,4)25-17-18-29(28(22-25)34(5,6)9-2)39-20-14-13-19-35-32(40)36-30-27(31(37)38-7)23-26(41-30)21-24-15-11-10-12-16-24/h10-12,15-18,22-23H,8-9,13-14,19-21H2,1-7H3,(H2,35,36,40). The second-order valence-corrected chi connectivity index (χ2v) is 13.3. The van der Waals surface area contributed by atoms with Crippen LogP contribution < -0.4 is 15.4 Å². The van der Waals surface area contributed by atoms with E-state index in [1.165, 1.54) is 35.1 Å². The minimum Gasteiger partial charge on any atom is -0.493 e. The highest BCUT2D eigenvalue weighted by molar-refractivity contribution is 7.80. The molecule has 0 aliphatic heterocycles. The van der Waals surface area contributed by atoms with E-state index < -0.39 is 0 Å². The van der Waals surface area contributed by atoms with Gasteiger partial charge < -0.3 is 20.1 Å². The molecule has 2 N–H and O–H groups in total. The van der Waals surface area contributed by atoms with Crippen LogP contribution in [-0.4, -0.2) is 31.3 Å². The maximum Gasteiger partial charge on any atom is 0.340 e. The Morgan fingerprint density at radius 3 is 2.32 bits per heavy atom. The van der Waals surface area contributed by atoms with Gasteiger partial charge >= 0.3 is 5.97 Å². The van der Waals surface area contributed by atoms with Crippen molar-refractivity contribution in [3.8, 4) is 5.75 Å². The van der Waals surface area contributed by atoms with Crippen LogP contribution in [-0.2, 0) is 22.0 Å². The molecule has 0 saturated heterocycles. The average Bonchev–Trinajstić information content (AvgIpc) is 3.36. The van der Waals surface area contributed by atoms with Crippen molar-refractivity contribution in [1.29, 1.82) is 0 Å². The van der Waals surface area contributed by atoms with Gasteiger partial charge in [0.2, 0.25) is 0 Å². The summed E-state index contributed by atoms with van der Waals surface area (Å²) in [4.78, 5) is 13.5. The Hall–Kier alpha value is -2.90. The third-order valence-electron chi connectivity index (χ3n) is 8.01. The number of carbonyl (C=O) groups excluding carboxylic acids is 1. The maximum absolute atomic E-state index is 12.4. The number of nitrogens with one attached hydrogen (secondary N) is 2. The molecule has 3 aromatic rings. The zero-order chi connectivity index (χ0) is 30.0. The molecule has 2 aromatic carbocycles. The quantitative estimate of drug-likeness (QED) is 0.111. The van der Waals surface area contributed by atoms with E-state index in [1.54, 1.807) is 0 Å². The molecule has 0 fully saturated rings. The summed E-state index contributed by atoms with van der Waals surface area (Å²) >= 11 is 7.06. The third-order valence-corrected chi connectivity index (χ3v) is 9.31. The molecule has 222 valence electrons. The van der Waals surface area contributed by atoms with Gasteiger partial charge in [0.05, 0.1) is 19.3 Å². The highest BCUT2D eigenvalue weighted by Crippen LogP contribution is 2.38. The Morgan fingerprint density at radius 1 is 0.951 bits per heavy atom. The summed E-state index contributed by atoms with van der Waals surface area (Å²) < 4.78 is 11.3. The maximum atomic E-state index is 12.4. The zero-order valence-corrected chi connectivity index (χ0v) is 27.3. The molecule has 0 spiro atoms. The first kappa shape index (κ1) is 32.6. The number of hydrogen-bond acceptors (Lipinski definition) is 5. The first-order valence-electron chi connectivity index (χ1n) is 14.6. The van der Waals surface area contributed by atoms with Crippen molar-refractivity contribution in [2.45, 2.75) is 84.5 Å². The van der Waals surface area contributed by atoms with Crippen LogP contribution in [0.3, 0.4) is 0 Å². The predicted molar refractivity (Wildman–Crippen MR) is 177 cm³/mol. The molecule has 0 amide bonds. The molecule has 0 saturated carbocycles. The molecular formula is C34H46N2O3S2. The normalized spacial score (nSPS) is 11.7. The van der Waals surface area contributed by atoms with Crippen molar-refractivity contribution in [2.24, 2.45) is 0 Å². The third kappa shape index (κ3) is 9.04. The lowest BCUT2D eigenvalue weighted by Crippen LogP contribution is -2.29. The monoisotopic (exact) mass is 594 g/mol. The lowest BCUT2D eigenvalue weighted by Gasteiger charge is -2.30. The summed E-state index contributed by atoms with van der Waals surface area (Å²) in [5.41, 5.74) is 4.51. The van der Waals surface area contributed by atoms with Crippen molar-refractivity contribution in [1.82, 2.24) is 5.32 Å². The molecule has 1 aromatic heterocycles. The Bertz CT molecular complexity index is 1300. The zero-order valence-electron chi connectivity index (χ0n) is 25.7. The lowest BCUT2D eigenvalue weighted by molar-refractivity contribution is 0.0602. The first-order valence-corrected chi connectivity index (χ1v) is 15.8. The van der Waals surface area contributed by atoms with Gasteiger partial charge in [-0.1, -0.05) is 84.0 Å². The van der Waals surface area contributed by atoms with Crippen molar-refractivity contribution in [3.63, 3.8) is 0 Å². The smallest absolute Gasteiger partial charge is 0.340 e. The van der Waals surface area contributed by atoms with E-state index in [2.05, 4.69) is 82.5 Å². The van der Waals surface area contributed by atoms with Crippen molar-refractivity contribution in [3.05, 3.63) is 81.7 Å². The summed E-state index contributed by atoms with van der Waals surface area (Å²) in [5, 5.41) is 7.67. The van der Waals surface area contributed by atoms with Gasteiger partial charge in [0.1, 0.15) is 10.8 Å². The van der Waals surface area contributed by atoms with E-state index in [0.717, 1.165) is 42.7 Å². The molecule has 0 atom stereocenters. The highest BCUT2D eigenvalue weighted by atomic mass is 32.1. The minimum atomic E-state index is -0.375. The fraction of sp³-hybridized carbons (Fsp3) is 0.471. The van der Waals surface area contributed by atoms with E-state index in [4.69, 9.17) is 21.7 Å². The van der Waals surface area contributed by atoms with E-state index in [9.17, 15) is 4.79 Å². The van der Waals surface area contributed by atoms with Crippen molar-refractivity contribution >= 4 is 39.6 Å². The van der Waals surface area contributed by atoms with Crippen LogP contribution in [0.15, 0.2) is 54.6 Å². The van der Waals surface area contributed by atoms with Crippen LogP contribution in [0.5, 0.6) is 5.75 Å². The largest absolute Gasteiger partial charge is 0.493 e. The number of anilines is 1. The van der Waals surface area contributed by atoms with Gasteiger partial charge in [0.15, 0.2) is 5.11 Å². The molecule has 0 unspecified atom stereocenters. The van der Waals surface area contributed by atoms with Gasteiger partial charge in [-0.2, -0.15) is 0 Å². The SMILES string of the molecule is CCC(C)(C)c1ccc(OCCCCNC(=S)Nc2sc(Cc3ccccc3)cc2C(=O)OC)c(C(C)(C)CC)c1. The molecule has 3 rings (SSSR count). The summed E-state index contributed by atoms with van der Waals surface area (Å²) in [7, 11) is 1.39. The van der Waals surface area contributed by atoms with Gasteiger partial charge in [-0.3, -0.25) is 0 Å². The first-order chi connectivity index (χ1) is 19.5. The van der Waals surface area contributed by atoms with Crippen LogP contribution in [0, 0.1) is 0 Å². The van der Waals surface area contributed by atoms with Crippen LogP contribution in [0.1, 0.15) is 99.2 Å². The van der Waals surface area contributed by atoms with Crippen molar-refractivity contribution in [2.75, 3.05) is 25.6 Å². The Morgan fingerprint density at radius 2 is 1.66 bits per heavy atom. The number of thiophene rings is 1. The number of benzene rings is 2. The fourth-order valence-corrected chi connectivity index (χ4v) is 5.79. The number of carbonyl (C=O) groups is 1. The second kappa shape index (κ2) is 14.8. The van der Waals surface area contributed by atoms with Crippen LogP contribution in [0.2, 0.25) is 0 Å². The van der Waals surface area contributed by atoms with E-state index in [-0.39, 0.29) is 16.8 Å². The van der Waals surface area contributed by atoms with E-state index >= 15 is 0 Å². The number of thiocarbonyl (C=S) groups is 1. The van der Waals surface area contributed by atoms with E-state index in [0.29, 0.717) is 28.8 Å². The molecule has 5 nitrogen and oxygen atoms in total. The van der Waals surface area contributed by atoms with Gasteiger partial charge in [0, 0.05) is 23.4 Å². The Balaban J connectivity index is 1.52. The number of unbranched alkanes of at least 4 members (excludes halogenated alkanes) is 1. The van der Waals surface area contributed by atoms with Crippen LogP contribution in [0.25, 0.3) is 0 Å². The molecule has 7 heteroatoms. The van der Waals surface area contributed by atoms with Crippen LogP contribution in [0.4, 0.5) is 5.00 Å². The van der Waals surface area contributed by atoms with Gasteiger partial charge in [-0.15, -0.1) is 11.3 Å². The number of hydrogen-bond donors (Lipinski definition) is 2. The summed E-state index contributed by atoms with van der Waals surface area (Å²) in [6.07, 6.45) is 4.69. The van der Waals surface area contributed by atoms with Crippen LogP contribution >= 0.6 is 23.6 Å².